The van der Waals surface area contributed by atoms with E-state index in [1.165, 1.54) is 0 Å². The highest BCUT2D eigenvalue weighted by atomic mass is 16.5. The van der Waals surface area contributed by atoms with E-state index in [1.807, 2.05) is 46.8 Å². The smallest absolute Gasteiger partial charge is 0.256 e. The molecule has 0 aromatic heterocycles. The van der Waals surface area contributed by atoms with Gasteiger partial charge < -0.3 is 14.8 Å². The molecule has 4 heteroatoms. The minimum absolute atomic E-state index is 0.0996. The Kier molecular flexibility index (Phi) is 7.74. The van der Waals surface area contributed by atoms with Crippen LogP contribution in [0.1, 0.15) is 64.5 Å². The van der Waals surface area contributed by atoms with E-state index < -0.39 is 5.60 Å². The molecule has 1 rings (SSSR count). The van der Waals surface area contributed by atoms with Crippen LogP contribution < -0.4 is 10.1 Å². The number of amides is 1. The molecular weight excluding hydrogens is 302 g/mol. The van der Waals surface area contributed by atoms with Gasteiger partial charge in [0.05, 0.1) is 6.10 Å². The molecule has 1 aromatic rings. The van der Waals surface area contributed by atoms with Crippen molar-refractivity contribution in [1.82, 2.24) is 0 Å². The van der Waals surface area contributed by atoms with E-state index in [1.54, 1.807) is 7.11 Å². The predicted molar refractivity (Wildman–Crippen MR) is 99.9 cm³/mol. The topological polar surface area (TPSA) is 47.6 Å². The highest BCUT2D eigenvalue weighted by Gasteiger charge is 2.32. The minimum atomic E-state index is -0.802. The van der Waals surface area contributed by atoms with Crippen LogP contribution in [0.5, 0.6) is 5.75 Å². The van der Waals surface area contributed by atoms with Crippen molar-refractivity contribution in [2.45, 2.75) is 78.9 Å². The lowest BCUT2D eigenvalue weighted by molar-refractivity contribution is -0.136. The Morgan fingerprint density at radius 2 is 1.79 bits per heavy atom. The number of carbonyl (C=O) groups is 1. The second-order valence-corrected chi connectivity index (χ2v) is 6.95. The summed E-state index contributed by atoms with van der Waals surface area (Å²) in [6.07, 6.45) is 4.05. The molecule has 1 amide bonds. The maximum atomic E-state index is 12.7. The lowest BCUT2D eigenvalue weighted by Crippen LogP contribution is -2.42. The number of benzene rings is 1. The summed E-state index contributed by atoms with van der Waals surface area (Å²) < 4.78 is 11.4. The molecule has 1 unspecified atom stereocenters. The quantitative estimate of drug-likeness (QED) is 0.645. The second kappa shape index (κ2) is 9.07. The van der Waals surface area contributed by atoms with Crippen molar-refractivity contribution < 1.29 is 14.3 Å². The van der Waals surface area contributed by atoms with Gasteiger partial charge in [-0.25, -0.2) is 0 Å². The molecule has 0 saturated heterocycles. The van der Waals surface area contributed by atoms with Gasteiger partial charge in [-0.1, -0.05) is 26.2 Å². The van der Waals surface area contributed by atoms with Gasteiger partial charge in [0, 0.05) is 12.8 Å². The summed E-state index contributed by atoms with van der Waals surface area (Å²) in [5.41, 5.74) is 2.02. The van der Waals surface area contributed by atoms with Crippen LogP contribution in [0.2, 0.25) is 0 Å². The maximum absolute atomic E-state index is 12.7. The highest BCUT2D eigenvalue weighted by molar-refractivity contribution is 5.97. The lowest BCUT2D eigenvalue weighted by atomic mass is 9.96. The first kappa shape index (κ1) is 20.5. The number of ether oxygens (including phenoxy) is 2. The van der Waals surface area contributed by atoms with Crippen molar-refractivity contribution in [2.24, 2.45) is 0 Å². The lowest BCUT2D eigenvalue weighted by Gasteiger charge is -2.27. The average molecular weight is 335 g/mol. The van der Waals surface area contributed by atoms with E-state index >= 15 is 0 Å². The van der Waals surface area contributed by atoms with E-state index in [-0.39, 0.29) is 12.0 Å². The monoisotopic (exact) mass is 335 g/mol. The molecule has 0 aliphatic carbocycles. The van der Waals surface area contributed by atoms with Crippen LogP contribution in [0, 0.1) is 13.8 Å². The molecule has 0 fully saturated rings. The average Bonchev–Trinajstić information content (AvgIpc) is 2.50. The SMILES string of the molecule is CCCCCC(C)(OC)C(=O)Nc1cc(C)c(OC(C)C)c(C)c1. The van der Waals surface area contributed by atoms with E-state index in [0.717, 1.165) is 48.2 Å². The molecule has 0 aliphatic rings. The molecular formula is C20H33NO3. The molecule has 0 spiro atoms. The maximum Gasteiger partial charge on any atom is 0.256 e. The van der Waals surface area contributed by atoms with Gasteiger partial charge >= 0.3 is 0 Å². The van der Waals surface area contributed by atoms with Crippen molar-refractivity contribution in [3.05, 3.63) is 23.3 Å². The van der Waals surface area contributed by atoms with Crippen LogP contribution in [-0.2, 0) is 9.53 Å². The minimum Gasteiger partial charge on any atom is -0.490 e. The van der Waals surface area contributed by atoms with Crippen LogP contribution in [-0.4, -0.2) is 24.7 Å². The third-order valence-electron chi connectivity index (χ3n) is 4.26. The number of hydrogen-bond acceptors (Lipinski definition) is 3. The molecule has 0 aliphatic heterocycles. The fraction of sp³-hybridized carbons (Fsp3) is 0.650. The third kappa shape index (κ3) is 5.52. The van der Waals surface area contributed by atoms with E-state index in [2.05, 4.69) is 12.2 Å². The van der Waals surface area contributed by atoms with Crippen molar-refractivity contribution in [1.29, 1.82) is 0 Å². The van der Waals surface area contributed by atoms with Gasteiger partial charge in [-0.2, -0.15) is 0 Å². The number of hydrogen-bond donors (Lipinski definition) is 1. The molecule has 4 nitrogen and oxygen atoms in total. The number of nitrogens with one attached hydrogen (secondary N) is 1. The van der Waals surface area contributed by atoms with Crippen molar-refractivity contribution in [3.63, 3.8) is 0 Å². The summed E-state index contributed by atoms with van der Waals surface area (Å²) in [5.74, 6) is 0.790. The van der Waals surface area contributed by atoms with Gasteiger partial charge in [0.1, 0.15) is 11.4 Å². The molecule has 1 N–H and O–H groups in total. The Morgan fingerprint density at radius 3 is 2.25 bits per heavy atom. The first-order valence-electron chi connectivity index (χ1n) is 8.88. The van der Waals surface area contributed by atoms with Gasteiger partial charge in [-0.3, -0.25) is 4.79 Å². The molecule has 0 saturated carbocycles. The number of anilines is 1. The Hall–Kier alpha value is -1.55. The molecule has 0 heterocycles. The van der Waals surface area contributed by atoms with Crippen molar-refractivity contribution >= 4 is 11.6 Å². The highest BCUT2D eigenvalue weighted by Crippen LogP contribution is 2.29. The Balaban J connectivity index is 2.89. The molecule has 0 bridgehead atoms. The summed E-state index contributed by atoms with van der Waals surface area (Å²) in [6.45, 7) is 12.0. The number of aryl methyl sites for hydroxylation is 2. The van der Waals surface area contributed by atoms with E-state index in [4.69, 9.17) is 9.47 Å². The first-order chi connectivity index (χ1) is 11.2. The number of methoxy groups -OCH3 is 1. The zero-order valence-corrected chi connectivity index (χ0v) is 16.3. The fourth-order valence-corrected chi connectivity index (χ4v) is 2.73. The van der Waals surface area contributed by atoms with Gasteiger partial charge in [0.25, 0.3) is 5.91 Å². The molecule has 136 valence electrons. The largest absolute Gasteiger partial charge is 0.490 e. The molecule has 1 aromatic carbocycles. The Morgan fingerprint density at radius 1 is 1.21 bits per heavy atom. The van der Waals surface area contributed by atoms with Gasteiger partial charge in [-0.15, -0.1) is 0 Å². The van der Waals surface area contributed by atoms with Gasteiger partial charge in [0.15, 0.2) is 0 Å². The Labute approximate surface area is 146 Å². The second-order valence-electron chi connectivity index (χ2n) is 6.95. The zero-order valence-electron chi connectivity index (χ0n) is 16.3. The summed E-state index contributed by atoms with van der Waals surface area (Å²) in [6, 6.07) is 3.90. The summed E-state index contributed by atoms with van der Waals surface area (Å²) in [5, 5.41) is 3.00. The van der Waals surface area contributed by atoms with Crippen LogP contribution in [0.3, 0.4) is 0 Å². The molecule has 24 heavy (non-hydrogen) atoms. The fourth-order valence-electron chi connectivity index (χ4n) is 2.73. The number of carbonyl (C=O) groups excluding carboxylic acids is 1. The number of unbranched alkanes of at least 4 members (excludes halogenated alkanes) is 2. The standard InChI is InChI=1S/C20H33NO3/c1-8-9-10-11-20(6,23-7)19(22)21-17-12-15(4)18(16(5)13-17)24-14(2)3/h12-14H,8-11H2,1-7H3,(H,21,22). The van der Waals surface area contributed by atoms with Crippen molar-refractivity contribution in [3.8, 4) is 5.75 Å². The molecule has 0 radical (unpaired) electrons. The third-order valence-corrected chi connectivity index (χ3v) is 4.26. The Bertz CT molecular complexity index is 531. The van der Waals surface area contributed by atoms with Gasteiger partial charge in [-0.05, 0) is 64.3 Å². The van der Waals surface area contributed by atoms with E-state index in [0.29, 0.717) is 0 Å². The summed E-state index contributed by atoms with van der Waals surface area (Å²) in [4.78, 5) is 12.7. The van der Waals surface area contributed by atoms with Crippen LogP contribution in [0.4, 0.5) is 5.69 Å². The predicted octanol–water partition coefficient (Wildman–Crippen LogP) is 5.01. The van der Waals surface area contributed by atoms with Gasteiger partial charge in [0.2, 0.25) is 0 Å². The summed E-state index contributed by atoms with van der Waals surface area (Å²) in [7, 11) is 1.60. The first-order valence-corrected chi connectivity index (χ1v) is 8.88. The summed E-state index contributed by atoms with van der Waals surface area (Å²) >= 11 is 0. The zero-order chi connectivity index (χ0) is 18.3. The van der Waals surface area contributed by atoms with E-state index in [9.17, 15) is 4.79 Å². The molecule has 1 atom stereocenters. The van der Waals surface area contributed by atoms with Crippen LogP contribution >= 0.6 is 0 Å². The van der Waals surface area contributed by atoms with Crippen molar-refractivity contribution in [2.75, 3.05) is 12.4 Å². The van der Waals surface area contributed by atoms with Crippen LogP contribution in [0.15, 0.2) is 12.1 Å². The van der Waals surface area contributed by atoms with Crippen LogP contribution in [0.25, 0.3) is 0 Å². The normalized spacial score (nSPS) is 13.7. The number of rotatable bonds is 9.